The lowest BCUT2D eigenvalue weighted by atomic mass is 10.1. The van der Waals surface area contributed by atoms with E-state index in [4.69, 9.17) is 21.1 Å². The quantitative estimate of drug-likeness (QED) is 0.685. The summed E-state index contributed by atoms with van der Waals surface area (Å²) in [7, 11) is -3.75. The molecule has 2 aromatic carbocycles. The molecule has 0 radical (unpaired) electrons. The van der Waals surface area contributed by atoms with E-state index < -0.39 is 10.0 Å². The van der Waals surface area contributed by atoms with Gasteiger partial charge in [-0.15, -0.1) is 0 Å². The predicted octanol–water partition coefficient (Wildman–Crippen LogP) is 3.65. The molecular formula is C23H27ClN2O5S. The summed E-state index contributed by atoms with van der Waals surface area (Å²) in [5, 5.41) is 2.98. The van der Waals surface area contributed by atoms with Gasteiger partial charge < -0.3 is 14.8 Å². The van der Waals surface area contributed by atoms with E-state index in [-0.39, 0.29) is 21.4 Å². The van der Waals surface area contributed by atoms with Crippen LogP contribution < -0.4 is 14.8 Å². The number of sulfonamides is 1. The number of carbonyl (C=O) groups excluding carboxylic acids is 1. The molecule has 7 nitrogen and oxygen atoms in total. The maximum Gasteiger partial charge on any atom is 0.251 e. The van der Waals surface area contributed by atoms with Crippen molar-refractivity contribution >= 4 is 27.5 Å². The van der Waals surface area contributed by atoms with Crippen molar-refractivity contribution in [2.75, 3.05) is 32.8 Å². The molecule has 2 heterocycles. The number of rotatable bonds is 6. The van der Waals surface area contributed by atoms with Crippen LogP contribution in [0, 0.1) is 0 Å². The summed E-state index contributed by atoms with van der Waals surface area (Å²) >= 11 is 6.23. The van der Waals surface area contributed by atoms with Gasteiger partial charge in [0.25, 0.3) is 5.91 Å². The lowest BCUT2D eigenvalue weighted by molar-refractivity contribution is 0.0954. The Morgan fingerprint density at radius 2 is 1.69 bits per heavy atom. The Labute approximate surface area is 193 Å². The van der Waals surface area contributed by atoms with E-state index in [9.17, 15) is 13.2 Å². The Bertz CT molecular complexity index is 1080. The molecule has 1 N–H and O–H groups in total. The minimum atomic E-state index is -3.75. The van der Waals surface area contributed by atoms with Crippen molar-refractivity contribution in [3.8, 4) is 11.5 Å². The minimum absolute atomic E-state index is 0.0134. The highest BCUT2D eigenvalue weighted by Gasteiger charge is 2.28. The standard InChI is InChI=1S/C23H27ClN2O5S/c24-19-7-6-18(16-22(19)32(28,29)26-11-3-1-2-4-12-26)23(27)25-10-9-17-5-8-20-21(15-17)31-14-13-30-20/h5-8,15-16H,1-4,9-14H2,(H,25,27). The Balaban J connectivity index is 1.42. The van der Waals surface area contributed by atoms with Crippen molar-refractivity contribution in [1.82, 2.24) is 9.62 Å². The first kappa shape index (κ1) is 22.9. The van der Waals surface area contributed by atoms with Gasteiger partial charge in [-0.2, -0.15) is 4.31 Å². The van der Waals surface area contributed by atoms with Crippen LogP contribution in [0.4, 0.5) is 0 Å². The summed E-state index contributed by atoms with van der Waals surface area (Å²) in [4.78, 5) is 12.7. The zero-order chi connectivity index (χ0) is 22.6. The molecule has 0 unspecified atom stereocenters. The smallest absolute Gasteiger partial charge is 0.251 e. The molecule has 4 rings (SSSR count). The normalized spacial score (nSPS) is 16.9. The number of hydrogen-bond acceptors (Lipinski definition) is 5. The van der Waals surface area contributed by atoms with Crippen LogP contribution in [0.2, 0.25) is 5.02 Å². The number of benzene rings is 2. The van der Waals surface area contributed by atoms with Gasteiger partial charge in [-0.05, 0) is 55.2 Å². The van der Waals surface area contributed by atoms with Gasteiger partial charge in [0.05, 0.1) is 5.02 Å². The van der Waals surface area contributed by atoms with E-state index in [0.717, 1.165) is 37.0 Å². The van der Waals surface area contributed by atoms with Crippen molar-refractivity contribution in [2.24, 2.45) is 0 Å². The van der Waals surface area contributed by atoms with Crippen LogP contribution in [0.25, 0.3) is 0 Å². The van der Waals surface area contributed by atoms with Crippen molar-refractivity contribution < 1.29 is 22.7 Å². The number of fused-ring (bicyclic) bond motifs is 1. The summed E-state index contributed by atoms with van der Waals surface area (Å²) in [6.45, 7) is 2.41. The fourth-order valence-electron chi connectivity index (χ4n) is 3.93. The van der Waals surface area contributed by atoms with Gasteiger partial charge in [0, 0.05) is 25.2 Å². The molecule has 2 aromatic rings. The van der Waals surface area contributed by atoms with Gasteiger partial charge in [0.15, 0.2) is 11.5 Å². The number of ether oxygens (including phenoxy) is 2. The van der Waals surface area contributed by atoms with Crippen LogP contribution in [0.1, 0.15) is 41.6 Å². The van der Waals surface area contributed by atoms with Crippen LogP contribution in [-0.2, 0) is 16.4 Å². The Kier molecular flexibility index (Phi) is 7.23. The fourth-order valence-corrected chi connectivity index (χ4v) is 5.95. The first-order chi connectivity index (χ1) is 15.4. The summed E-state index contributed by atoms with van der Waals surface area (Å²) < 4.78 is 38.9. The second kappa shape index (κ2) is 10.1. The van der Waals surface area contributed by atoms with E-state index in [2.05, 4.69) is 5.32 Å². The van der Waals surface area contributed by atoms with Gasteiger partial charge in [0.1, 0.15) is 18.1 Å². The topological polar surface area (TPSA) is 84.9 Å². The third-order valence-electron chi connectivity index (χ3n) is 5.68. The highest BCUT2D eigenvalue weighted by Crippen LogP contribution is 2.31. The van der Waals surface area contributed by atoms with Gasteiger partial charge in [-0.3, -0.25) is 4.79 Å². The number of halogens is 1. The highest BCUT2D eigenvalue weighted by molar-refractivity contribution is 7.89. The van der Waals surface area contributed by atoms with E-state index in [0.29, 0.717) is 45.0 Å². The molecule has 1 fully saturated rings. The molecule has 32 heavy (non-hydrogen) atoms. The van der Waals surface area contributed by atoms with E-state index in [1.807, 2.05) is 18.2 Å². The van der Waals surface area contributed by atoms with E-state index in [1.54, 1.807) is 6.07 Å². The SMILES string of the molecule is O=C(NCCc1ccc2c(c1)OCCO2)c1ccc(Cl)c(S(=O)(=O)N2CCCCCC2)c1. The van der Waals surface area contributed by atoms with Crippen LogP contribution in [0.5, 0.6) is 11.5 Å². The predicted molar refractivity (Wildman–Crippen MR) is 122 cm³/mol. The number of nitrogens with one attached hydrogen (secondary N) is 1. The molecule has 1 amide bonds. The zero-order valence-corrected chi connectivity index (χ0v) is 19.4. The van der Waals surface area contributed by atoms with E-state index >= 15 is 0 Å². The molecule has 9 heteroatoms. The number of nitrogens with zero attached hydrogens (tertiary/aromatic N) is 1. The summed E-state index contributed by atoms with van der Waals surface area (Å²) in [6, 6.07) is 10.1. The molecule has 0 atom stereocenters. The molecule has 0 bridgehead atoms. The van der Waals surface area contributed by atoms with Gasteiger partial charge in [0.2, 0.25) is 10.0 Å². The third kappa shape index (κ3) is 5.19. The Hall–Kier alpha value is -2.29. The van der Waals surface area contributed by atoms with Crippen molar-refractivity contribution in [2.45, 2.75) is 37.0 Å². The number of amides is 1. The van der Waals surface area contributed by atoms with E-state index in [1.165, 1.54) is 16.4 Å². The molecule has 0 saturated carbocycles. The van der Waals surface area contributed by atoms with Gasteiger partial charge in [-0.25, -0.2) is 8.42 Å². The Morgan fingerprint density at radius 3 is 2.44 bits per heavy atom. The van der Waals surface area contributed by atoms with Crippen molar-refractivity contribution in [1.29, 1.82) is 0 Å². The van der Waals surface area contributed by atoms with Crippen LogP contribution in [0.15, 0.2) is 41.3 Å². The second-order valence-corrected chi connectivity index (χ2v) is 10.3. The minimum Gasteiger partial charge on any atom is -0.486 e. The maximum atomic E-state index is 13.1. The van der Waals surface area contributed by atoms with Crippen LogP contribution in [0.3, 0.4) is 0 Å². The monoisotopic (exact) mass is 478 g/mol. The second-order valence-electron chi connectivity index (χ2n) is 7.95. The lowest BCUT2D eigenvalue weighted by Gasteiger charge is -2.21. The zero-order valence-electron chi connectivity index (χ0n) is 17.8. The first-order valence-corrected chi connectivity index (χ1v) is 12.7. The fraction of sp³-hybridized carbons (Fsp3) is 0.435. The average molecular weight is 479 g/mol. The van der Waals surface area contributed by atoms with Crippen LogP contribution >= 0.6 is 11.6 Å². The maximum absolute atomic E-state index is 13.1. The molecule has 0 aliphatic carbocycles. The molecule has 172 valence electrons. The Morgan fingerprint density at radius 1 is 0.969 bits per heavy atom. The number of hydrogen-bond donors (Lipinski definition) is 1. The van der Waals surface area contributed by atoms with Crippen LogP contribution in [-0.4, -0.2) is 51.5 Å². The number of carbonyl (C=O) groups is 1. The lowest BCUT2D eigenvalue weighted by Crippen LogP contribution is -2.32. The average Bonchev–Trinajstić information content (AvgIpc) is 3.09. The van der Waals surface area contributed by atoms with Gasteiger partial charge >= 0.3 is 0 Å². The highest BCUT2D eigenvalue weighted by atomic mass is 35.5. The molecular weight excluding hydrogens is 452 g/mol. The largest absolute Gasteiger partial charge is 0.486 e. The summed E-state index contributed by atoms with van der Waals surface area (Å²) in [5.74, 6) is 1.09. The molecule has 0 spiro atoms. The van der Waals surface area contributed by atoms with Crippen molar-refractivity contribution in [3.63, 3.8) is 0 Å². The first-order valence-electron chi connectivity index (χ1n) is 10.9. The molecule has 1 saturated heterocycles. The van der Waals surface area contributed by atoms with Crippen molar-refractivity contribution in [3.05, 3.63) is 52.5 Å². The third-order valence-corrected chi connectivity index (χ3v) is 8.06. The summed E-state index contributed by atoms with van der Waals surface area (Å²) in [6.07, 6.45) is 4.31. The molecule has 2 aliphatic rings. The molecule has 0 aromatic heterocycles. The summed E-state index contributed by atoms with van der Waals surface area (Å²) in [5.41, 5.74) is 1.28. The van der Waals surface area contributed by atoms with Gasteiger partial charge in [-0.1, -0.05) is 30.5 Å². The molecule has 2 aliphatic heterocycles.